The van der Waals surface area contributed by atoms with Gasteiger partial charge < -0.3 is 10.5 Å². The lowest BCUT2D eigenvalue weighted by Gasteiger charge is -2.11. The van der Waals surface area contributed by atoms with Crippen molar-refractivity contribution in [2.75, 3.05) is 6.54 Å². The summed E-state index contributed by atoms with van der Waals surface area (Å²) in [6.07, 6.45) is 0.593. The van der Waals surface area contributed by atoms with E-state index in [0.717, 1.165) is 33.8 Å². The molecule has 0 saturated heterocycles. The highest BCUT2D eigenvalue weighted by Crippen LogP contribution is 2.41. The molecule has 0 bridgehead atoms. The number of nitrogens with one attached hydrogen (secondary N) is 1. The van der Waals surface area contributed by atoms with Gasteiger partial charge in [0.1, 0.15) is 17.7 Å². The maximum absolute atomic E-state index is 13.8. The number of halogens is 1. The molecule has 19 heavy (non-hydrogen) atoms. The lowest BCUT2D eigenvalue weighted by Crippen LogP contribution is -2.24. The second-order valence-corrected chi connectivity index (χ2v) is 4.93. The van der Waals surface area contributed by atoms with Crippen LogP contribution in [0.15, 0.2) is 12.1 Å². The van der Waals surface area contributed by atoms with Gasteiger partial charge in [-0.05, 0) is 26.0 Å². The Balaban J connectivity index is 2.19. The molecule has 1 atom stereocenters. The summed E-state index contributed by atoms with van der Waals surface area (Å²) >= 11 is 0. The fourth-order valence-corrected chi connectivity index (χ4v) is 2.66. The Hall–Kier alpha value is -1.88. The van der Waals surface area contributed by atoms with Crippen LogP contribution in [0, 0.1) is 19.7 Å². The third-order valence-electron chi connectivity index (χ3n) is 3.52. The molecular weight excluding hydrogens is 245 g/mol. The molecule has 5 heteroatoms. The van der Waals surface area contributed by atoms with E-state index in [0.29, 0.717) is 13.0 Å². The summed E-state index contributed by atoms with van der Waals surface area (Å²) in [6, 6.07) is 3.03. The SMILES string of the molecule is Cc1n[nH]c(C)c1-c1cc(F)cc2c1OC(CN)C2. The standard InChI is InChI=1S/C14H16FN3O/c1-7-13(8(2)18-17-7)12-5-10(15)3-9-4-11(6-16)19-14(9)12/h3,5,11H,4,6,16H2,1-2H3,(H,17,18). The Morgan fingerprint density at radius 3 is 2.89 bits per heavy atom. The number of rotatable bonds is 2. The van der Waals surface area contributed by atoms with E-state index in [1.807, 2.05) is 13.8 Å². The van der Waals surface area contributed by atoms with Crippen molar-refractivity contribution in [1.29, 1.82) is 0 Å². The van der Waals surface area contributed by atoms with Crippen LogP contribution in [-0.4, -0.2) is 22.8 Å². The van der Waals surface area contributed by atoms with Gasteiger partial charge in [0.15, 0.2) is 0 Å². The largest absolute Gasteiger partial charge is 0.488 e. The summed E-state index contributed by atoms with van der Waals surface area (Å²) in [5, 5.41) is 7.08. The third kappa shape index (κ3) is 1.90. The van der Waals surface area contributed by atoms with E-state index >= 15 is 0 Å². The predicted molar refractivity (Wildman–Crippen MR) is 70.6 cm³/mol. The lowest BCUT2D eigenvalue weighted by molar-refractivity contribution is 0.242. The Kier molecular flexibility index (Phi) is 2.78. The third-order valence-corrected chi connectivity index (χ3v) is 3.52. The van der Waals surface area contributed by atoms with Crippen molar-refractivity contribution in [2.45, 2.75) is 26.4 Å². The number of aromatic amines is 1. The molecule has 0 spiro atoms. The van der Waals surface area contributed by atoms with Crippen molar-refractivity contribution in [3.63, 3.8) is 0 Å². The zero-order valence-electron chi connectivity index (χ0n) is 11.0. The minimum absolute atomic E-state index is 0.0666. The summed E-state index contributed by atoms with van der Waals surface area (Å²) in [6.45, 7) is 4.24. The minimum Gasteiger partial charge on any atom is -0.488 e. The summed E-state index contributed by atoms with van der Waals surface area (Å²) in [7, 11) is 0. The molecule has 3 N–H and O–H groups in total. The Bertz CT molecular complexity index is 616. The Labute approximate surface area is 110 Å². The number of aryl methyl sites for hydroxylation is 2. The van der Waals surface area contributed by atoms with Crippen molar-refractivity contribution in [3.05, 3.63) is 34.9 Å². The molecule has 4 nitrogen and oxygen atoms in total. The average molecular weight is 261 g/mol. The number of hydrogen-bond acceptors (Lipinski definition) is 3. The van der Waals surface area contributed by atoms with E-state index in [1.165, 1.54) is 12.1 Å². The van der Waals surface area contributed by atoms with Gasteiger partial charge in [-0.2, -0.15) is 5.10 Å². The molecule has 0 fully saturated rings. The van der Waals surface area contributed by atoms with Gasteiger partial charge in [0.2, 0.25) is 0 Å². The van der Waals surface area contributed by atoms with E-state index in [9.17, 15) is 4.39 Å². The first-order valence-corrected chi connectivity index (χ1v) is 6.31. The molecule has 2 aromatic rings. The van der Waals surface area contributed by atoms with Gasteiger partial charge in [0.25, 0.3) is 0 Å². The number of benzene rings is 1. The molecule has 1 aliphatic rings. The number of fused-ring (bicyclic) bond motifs is 1. The van der Waals surface area contributed by atoms with Crippen molar-refractivity contribution in [1.82, 2.24) is 10.2 Å². The second-order valence-electron chi connectivity index (χ2n) is 4.93. The van der Waals surface area contributed by atoms with Gasteiger partial charge in [0, 0.05) is 35.3 Å². The first kappa shape index (κ1) is 12.2. The molecule has 0 amide bonds. The van der Waals surface area contributed by atoms with Gasteiger partial charge in [-0.1, -0.05) is 0 Å². The molecule has 1 aliphatic heterocycles. The molecule has 1 aromatic carbocycles. The number of nitrogens with two attached hydrogens (primary N) is 1. The molecule has 0 aliphatic carbocycles. The van der Waals surface area contributed by atoms with Gasteiger partial charge in [-0.25, -0.2) is 4.39 Å². The molecule has 2 heterocycles. The number of hydrogen-bond donors (Lipinski definition) is 2. The number of ether oxygens (including phenoxy) is 1. The van der Waals surface area contributed by atoms with E-state index in [-0.39, 0.29) is 11.9 Å². The van der Waals surface area contributed by atoms with Crippen LogP contribution >= 0.6 is 0 Å². The highest BCUT2D eigenvalue weighted by Gasteiger charge is 2.27. The van der Waals surface area contributed by atoms with Crippen molar-refractivity contribution < 1.29 is 9.13 Å². The van der Waals surface area contributed by atoms with Gasteiger partial charge >= 0.3 is 0 Å². The summed E-state index contributed by atoms with van der Waals surface area (Å²) in [5.74, 6) is 0.486. The first-order chi connectivity index (χ1) is 9.10. The van der Waals surface area contributed by atoms with Crippen molar-refractivity contribution in [2.24, 2.45) is 5.73 Å². The smallest absolute Gasteiger partial charge is 0.131 e. The highest BCUT2D eigenvalue weighted by atomic mass is 19.1. The number of nitrogens with zero attached hydrogens (tertiary/aromatic N) is 1. The van der Waals surface area contributed by atoms with E-state index in [1.54, 1.807) is 0 Å². The van der Waals surface area contributed by atoms with Crippen LogP contribution in [0.4, 0.5) is 4.39 Å². The van der Waals surface area contributed by atoms with Crippen LogP contribution in [-0.2, 0) is 6.42 Å². The van der Waals surface area contributed by atoms with E-state index in [4.69, 9.17) is 10.5 Å². The van der Waals surface area contributed by atoms with Crippen LogP contribution < -0.4 is 10.5 Å². The fraction of sp³-hybridized carbons (Fsp3) is 0.357. The summed E-state index contributed by atoms with van der Waals surface area (Å²) in [4.78, 5) is 0. The highest BCUT2D eigenvalue weighted by molar-refractivity contribution is 5.76. The second kappa shape index (κ2) is 4.35. The molecule has 1 unspecified atom stereocenters. The lowest BCUT2D eigenvalue weighted by atomic mass is 9.99. The molecule has 100 valence electrons. The maximum Gasteiger partial charge on any atom is 0.131 e. The van der Waals surface area contributed by atoms with Crippen LogP contribution in [0.5, 0.6) is 5.75 Å². The maximum atomic E-state index is 13.8. The Morgan fingerprint density at radius 2 is 2.26 bits per heavy atom. The summed E-state index contributed by atoms with van der Waals surface area (Å²) in [5.41, 5.74) is 9.94. The predicted octanol–water partition coefficient (Wildman–Crippen LogP) is 2.09. The molecular formula is C14H16FN3O. The zero-order chi connectivity index (χ0) is 13.6. The topological polar surface area (TPSA) is 63.9 Å². The van der Waals surface area contributed by atoms with Crippen molar-refractivity contribution in [3.8, 4) is 16.9 Å². The monoisotopic (exact) mass is 261 g/mol. The van der Waals surface area contributed by atoms with E-state index in [2.05, 4.69) is 10.2 Å². The van der Waals surface area contributed by atoms with Gasteiger partial charge in [0.05, 0.1) is 5.69 Å². The van der Waals surface area contributed by atoms with Crippen LogP contribution in [0.1, 0.15) is 17.0 Å². The Morgan fingerprint density at radius 1 is 1.47 bits per heavy atom. The van der Waals surface area contributed by atoms with Crippen molar-refractivity contribution >= 4 is 0 Å². The van der Waals surface area contributed by atoms with Gasteiger partial charge in [-0.3, -0.25) is 5.10 Å². The molecule has 0 radical (unpaired) electrons. The number of aromatic nitrogens is 2. The molecule has 0 saturated carbocycles. The molecule has 1 aromatic heterocycles. The number of H-pyrrole nitrogens is 1. The normalized spacial score (nSPS) is 17.4. The first-order valence-electron chi connectivity index (χ1n) is 6.31. The molecule has 3 rings (SSSR count). The quantitative estimate of drug-likeness (QED) is 0.870. The van der Waals surface area contributed by atoms with Gasteiger partial charge in [-0.15, -0.1) is 0 Å². The van der Waals surface area contributed by atoms with E-state index < -0.39 is 0 Å². The zero-order valence-corrected chi connectivity index (χ0v) is 11.0. The summed E-state index contributed by atoms with van der Waals surface area (Å²) < 4.78 is 19.6. The van der Waals surface area contributed by atoms with Crippen LogP contribution in [0.25, 0.3) is 11.1 Å². The average Bonchev–Trinajstić information content (AvgIpc) is 2.92. The fourth-order valence-electron chi connectivity index (χ4n) is 2.66. The van der Waals surface area contributed by atoms with Crippen LogP contribution in [0.2, 0.25) is 0 Å². The van der Waals surface area contributed by atoms with Crippen LogP contribution in [0.3, 0.4) is 0 Å². The minimum atomic E-state index is -0.255.